The van der Waals surface area contributed by atoms with Gasteiger partial charge >= 0.3 is 5.97 Å². The van der Waals surface area contributed by atoms with E-state index in [1.165, 1.54) is 6.07 Å². The van der Waals surface area contributed by atoms with E-state index in [2.05, 4.69) is 0 Å². The number of carboxylic acid groups (broad SMARTS) is 1. The van der Waals surface area contributed by atoms with Crippen molar-refractivity contribution in [1.29, 1.82) is 0 Å². The van der Waals surface area contributed by atoms with Gasteiger partial charge in [0.05, 0.1) is 11.1 Å². The molecule has 0 saturated carbocycles. The second-order valence-corrected chi connectivity index (χ2v) is 6.51. The van der Waals surface area contributed by atoms with Gasteiger partial charge in [0.2, 0.25) is 5.78 Å². The van der Waals surface area contributed by atoms with E-state index >= 15 is 0 Å². The van der Waals surface area contributed by atoms with Crippen LogP contribution < -0.4 is 0 Å². The number of rotatable bonds is 4. The van der Waals surface area contributed by atoms with Crippen LogP contribution in [-0.2, 0) is 6.42 Å². The normalized spacial score (nSPS) is 13.3. The fourth-order valence-electron chi connectivity index (χ4n) is 3.49. The van der Waals surface area contributed by atoms with Gasteiger partial charge in [0, 0.05) is 17.2 Å². The maximum absolute atomic E-state index is 12.9. The summed E-state index contributed by atoms with van der Waals surface area (Å²) in [6.07, 6.45) is 2.65. The number of aromatic carboxylic acids is 1. The van der Waals surface area contributed by atoms with Crippen LogP contribution in [-0.4, -0.2) is 38.0 Å². The van der Waals surface area contributed by atoms with Gasteiger partial charge in [-0.2, -0.15) is 0 Å². The van der Waals surface area contributed by atoms with Crippen molar-refractivity contribution >= 4 is 17.5 Å². The Bertz CT molecular complexity index is 1080. The predicted molar refractivity (Wildman–Crippen MR) is 99.5 cm³/mol. The Hall–Kier alpha value is -3.61. The van der Waals surface area contributed by atoms with Crippen LogP contribution in [0.5, 0.6) is 17.2 Å². The SMILES string of the molecule is CC=C(CC)Cc1cc2c(c(O)c1C(=O)O)C(=O)c1c(O)cc(O)cc1C2=O. The zero-order chi connectivity index (χ0) is 20.7. The standard InChI is InChI=1S/C21H18O7/c1-3-9(4-2)5-10-6-12-17(19(25)15(10)21(27)28)20(26)16-13(18(12)24)7-11(22)8-14(16)23/h3,6-8,22-23,25H,4-5H2,1-2H3,(H,27,28). The van der Waals surface area contributed by atoms with Gasteiger partial charge in [0.15, 0.2) is 5.78 Å². The number of carboxylic acids is 1. The Morgan fingerprint density at radius 2 is 1.64 bits per heavy atom. The molecule has 2 aromatic rings. The lowest BCUT2D eigenvalue weighted by Crippen LogP contribution is -2.23. The molecule has 28 heavy (non-hydrogen) atoms. The van der Waals surface area contributed by atoms with Gasteiger partial charge in [0.25, 0.3) is 0 Å². The van der Waals surface area contributed by atoms with Crippen molar-refractivity contribution in [1.82, 2.24) is 0 Å². The van der Waals surface area contributed by atoms with Gasteiger partial charge in [0.1, 0.15) is 22.8 Å². The molecule has 7 nitrogen and oxygen atoms in total. The van der Waals surface area contributed by atoms with E-state index in [0.717, 1.165) is 17.7 Å². The van der Waals surface area contributed by atoms with Crippen LogP contribution >= 0.6 is 0 Å². The maximum Gasteiger partial charge on any atom is 0.339 e. The molecule has 0 spiro atoms. The Balaban J connectivity index is 2.33. The molecular formula is C21H18O7. The first-order valence-corrected chi connectivity index (χ1v) is 8.62. The summed E-state index contributed by atoms with van der Waals surface area (Å²) in [4.78, 5) is 37.6. The van der Waals surface area contributed by atoms with E-state index in [1.807, 2.05) is 13.0 Å². The first-order chi connectivity index (χ1) is 13.2. The quantitative estimate of drug-likeness (QED) is 0.510. The second-order valence-electron chi connectivity index (χ2n) is 6.51. The Morgan fingerprint density at radius 3 is 2.21 bits per heavy atom. The highest BCUT2D eigenvalue weighted by Gasteiger charge is 2.37. The molecule has 0 atom stereocenters. The van der Waals surface area contributed by atoms with Crippen molar-refractivity contribution < 1.29 is 34.8 Å². The molecule has 1 aliphatic carbocycles. The summed E-state index contributed by atoms with van der Waals surface area (Å²) >= 11 is 0. The van der Waals surface area contributed by atoms with Gasteiger partial charge in [-0.15, -0.1) is 0 Å². The van der Waals surface area contributed by atoms with Crippen LogP contribution in [0.3, 0.4) is 0 Å². The summed E-state index contributed by atoms with van der Waals surface area (Å²) in [5.74, 6) is -4.82. The zero-order valence-electron chi connectivity index (χ0n) is 15.2. The Labute approximate surface area is 160 Å². The number of allylic oxidation sites excluding steroid dienone is 2. The number of hydrogen-bond acceptors (Lipinski definition) is 6. The van der Waals surface area contributed by atoms with Crippen molar-refractivity contribution in [2.45, 2.75) is 26.7 Å². The highest BCUT2D eigenvalue weighted by Crippen LogP contribution is 2.41. The lowest BCUT2D eigenvalue weighted by atomic mass is 9.80. The van der Waals surface area contributed by atoms with E-state index in [0.29, 0.717) is 6.42 Å². The minimum absolute atomic E-state index is 0.161. The fourth-order valence-corrected chi connectivity index (χ4v) is 3.49. The summed E-state index contributed by atoms with van der Waals surface area (Å²) in [6, 6.07) is 3.25. The number of fused-ring (bicyclic) bond motifs is 2. The molecule has 0 unspecified atom stereocenters. The molecule has 0 radical (unpaired) electrons. The topological polar surface area (TPSA) is 132 Å². The number of carbonyl (C=O) groups excluding carboxylic acids is 2. The smallest absolute Gasteiger partial charge is 0.339 e. The number of benzene rings is 2. The van der Waals surface area contributed by atoms with E-state index in [9.17, 15) is 34.8 Å². The molecule has 0 bridgehead atoms. The Morgan fingerprint density at radius 1 is 1.00 bits per heavy atom. The number of carbonyl (C=O) groups is 3. The van der Waals surface area contributed by atoms with Crippen molar-refractivity contribution in [2.75, 3.05) is 0 Å². The minimum atomic E-state index is -1.43. The lowest BCUT2D eigenvalue weighted by molar-refractivity contribution is 0.0692. The number of phenolic OH excluding ortho intramolecular Hbond substituents is 2. The second kappa shape index (κ2) is 6.84. The summed E-state index contributed by atoms with van der Waals surface area (Å²) in [6.45, 7) is 3.69. The van der Waals surface area contributed by atoms with Crippen LogP contribution in [0, 0.1) is 0 Å². The van der Waals surface area contributed by atoms with Crippen molar-refractivity contribution in [2.24, 2.45) is 0 Å². The Kier molecular flexibility index (Phi) is 4.68. The van der Waals surface area contributed by atoms with Gasteiger partial charge in [-0.25, -0.2) is 4.79 Å². The number of phenols is 3. The molecule has 2 aromatic carbocycles. The van der Waals surface area contributed by atoms with Crippen LogP contribution in [0.4, 0.5) is 0 Å². The average Bonchev–Trinajstić information content (AvgIpc) is 2.62. The molecule has 144 valence electrons. The highest BCUT2D eigenvalue weighted by molar-refractivity contribution is 6.31. The third-order valence-electron chi connectivity index (χ3n) is 4.92. The number of hydrogen-bond donors (Lipinski definition) is 4. The van der Waals surface area contributed by atoms with E-state index < -0.39 is 45.9 Å². The van der Waals surface area contributed by atoms with Crippen LogP contribution in [0.25, 0.3) is 0 Å². The summed E-state index contributed by atoms with van der Waals surface area (Å²) in [5.41, 5.74) is -0.554. The van der Waals surface area contributed by atoms with Gasteiger partial charge in [-0.3, -0.25) is 9.59 Å². The van der Waals surface area contributed by atoms with Crippen LogP contribution in [0.15, 0.2) is 29.8 Å². The molecule has 3 rings (SSSR count). The first-order valence-electron chi connectivity index (χ1n) is 8.62. The van der Waals surface area contributed by atoms with Crippen LogP contribution in [0.2, 0.25) is 0 Å². The summed E-state index contributed by atoms with van der Waals surface area (Å²) in [5, 5.41) is 39.9. The van der Waals surface area contributed by atoms with E-state index in [-0.39, 0.29) is 28.7 Å². The molecule has 0 saturated heterocycles. The largest absolute Gasteiger partial charge is 0.508 e. The van der Waals surface area contributed by atoms with Gasteiger partial charge in [-0.05, 0) is 37.5 Å². The molecule has 1 aliphatic rings. The van der Waals surface area contributed by atoms with Crippen molar-refractivity contribution in [3.8, 4) is 17.2 Å². The minimum Gasteiger partial charge on any atom is -0.508 e. The first kappa shape index (κ1) is 19.2. The molecule has 7 heteroatoms. The molecule has 4 N–H and O–H groups in total. The molecule has 0 aliphatic heterocycles. The summed E-state index contributed by atoms with van der Waals surface area (Å²) < 4.78 is 0. The van der Waals surface area contributed by atoms with Crippen molar-refractivity contribution in [3.63, 3.8) is 0 Å². The zero-order valence-corrected chi connectivity index (χ0v) is 15.2. The predicted octanol–water partition coefficient (Wildman–Crippen LogP) is 3.18. The van der Waals surface area contributed by atoms with Gasteiger partial charge < -0.3 is 20.4 Å². The average molecular weight is 382 g/mol. The van der Waals surface area contributed by atoms with Crippen molar-refractivity contribution in [3.05, 3.63) is 63.2 Å². The third kappa shape index (κ3) is 2.81. The molecule has 0 amide bonds. The van der Waals surface area contributed by atoms with E-state index in [1.54, 1.807) is 6.92 Å². The lowest BCUT2D eigenvalue weighted by Gasteiger charge is -2.22. The maximum atomic E-state index is 12.9. The van der Waals surface area contributed by atoms with Crippen LogP contribution in [0.1, 0.15) is 68.0 Å². The van der Waals surface area contributed by atoms with Gasteiger partial charge in [-0.1, -0.05) is 18.6 Å². The summed E-state index contributed by atoms with van der Waals surface area (Å²) in [7, 11) is 0. The third-order valence-corrected chi connectivity index (χ3v) is 4.92. The van der Waals surface area contributed by atoms with E-state index in [4.69, 9.17) is 0 Å². The monoisotopic (exact) mass is 382 g/mol. The number of aromatic hydroxyl groups is 3. The highest BCUT2D eigenvalue weighted by atomic mass is 16.4. The molecule has 0 heterocycles. The molecule has 0 aromatic heterocycles. The molecular weight excluding hydrogens is 364 g/mol. The molecule has 0 fully saturated rings. The fraction of sp³-hybridized carbons (Fsp3) is 0.190. The number of ketones is 2.